The Morgan fingerprint density at radius 1 is 1.26 bits per heavy atom. The lowest BCUT2D eigenvalue weighted by molar-refractivity contribution is -0.227. The minimum absolute atomic E-state index is 0.276. The van der Waals surface area contributed by atoms with Crippen LogP contribution in [0.4, 0.5) is 0 Å². The van der Waals surface area contributed by atoms with Crippen LogP contribution in [0.2, 0.25) is 0 Å². The molecule has 0 fully saturated rings. The van der Waals surface area contributed by atoms with E-state index in [1.165, 1.54) is 12.2 Å². The standard InChI is InChI=1S/C16H23NO6/c1-22-13-7-8-23-17(9-11-5-3-2-4-6-11)14(13)16(21)15(20)12(19)10-18/h2-7,12,14-16,18-21H,8-10H2,1H3/t12-,14-,15-,16-/m1/s1. The number of hydroxylamine groups is 2. The van der Waals surface area contributed by atoms with Crippen LogP contribution in [-0.2, 0) is 16.1 Å². The lowest BCUT2D eigenvalue weighted by Gasteiger charge is -2.39. The molecule has 1 aromatic carbocycles. The number of ether oxygens (including phenoxy) is 1. The molecule has 0 spiro atoms. The van der Waals surface area contributed by atoms with E-state index in [0.717, 1.165) is 5.56 Å². The van der Waals surface area contributed by atoms with Gasteiger partial charge in [-0.3, -0.25) is 4.84 Å². The maximum absolute atomic E-state index is 10.4. The Morgan fingerprint density at radius 3 is 2.57 bits per heavy atom. The number of aliphatic hydroxyl groups is 4. The van der Waals surface area contributed by atoms with Gasteiger partial charge in [0.1, 0.15) is 30.1 Å². The van der Waals surface area contributed by atoms with Crippen LogP contribution in [-0.4, -0.2) is 70.2 Å². The van der Waals surface area contributed by atoms with E-state index < -0.39 is 31.0 Å². The van der Waals surface area contributed by atoms with Crippen molar-refractivity contribution >= 4 is 0 Å². The van der Waals surface area contributed by atoms with Crippen LogP contribution in [0.25, 0.3) is 0 Å². The first-order chi connectivity index (χ1) is 11.1. The van der Waals surface area contributed by atoms with Gasteiger partial charge < -0.3 is 25.2 Å². The van der Waals surface area contributed by atoms with Gasteiger partial charge in [0.05, 0.1) is 26.9 Å². The van der Waals surface area contributed by atoms with Crippen LogP contribution in [0, 0.1) is 0 Å². The highest BCUT2D eigenvalue weighted by atomic mass is 16.7. The molecule has 1 heterocycles. The summed E-state index contributed by atoms with van der Waals surface area (Å²) in [5.74, 6) is 0.434. The third-order valence-electron chi connectivity index (χ3n) is 3.80. The molecule has 0 amide bonds. The zero-order chi connectivity index (χ0) is 16.8. The third kappa shape index (κ3) is 4.29. The first-order valence-electron chi connectivity index (χ1n) is 7.41. The molecule has 4 N–H and O–H groups in total. The summed E-state index contributed by atoms with van der Waals surface area (Å²) in [4.78, 5) is 5.57. The summed E-state index contributed by atoms with van der Waals surface area (Å²) in [6, 6.07) is 8.71. The highest BCUT2D eigenvalue weighted by Crippen LogP contribution is 2.25. The van der Waals surface area contributed by atoms with Crippen molar-refractivity contribution in [1.82, 2.24) is 5.06 Å². The first-order valence-corrected chi connectivity index (χ1v) is 7.41. The summed E-state index contributed by atoms with van der Waals surface area (Å²) < 4.78 is 5.28. The molecule has 4 atom stereocenters. The normalized spacial score (nSPS) is 23.0. The predicted octanol–water partition coefficient (Wildman–Crippen LogP) is -0.592. The van der Waals surface area contributed by atoms with Gasteiger partial charge in [-0.05, 0) is 11.6 Å². The van der Waals surface area contributed by atoms with E-state index in [1.807, 2.05) is 30.3 Å². The molecule has 1 aromatic rings. The average Bonchev–Trinajstić information content (AvgIpc) is 2.60. The van der Waals surface area contributed by atoms with Gasteiger partial charge in [-0.15, -0.1) is 0 Å². The molecular formula is C16H23NO6. The van der Waals surface area contributed by atoms with E-state index >= 15 is 0 Å². The Morgan fingerprint density at radius 2 is 1.96 bits per heavy atom. The topological polar surface area (TPSA) is 103 Å². The van der Waals surface area contributed by atoms with Gasteiger partial charge in [0.15, 0.2) is 0 Å². The second-order valence-electron chi connectivity index (χ2n) is 5.34. The van der Waals surface area contributed by atoms with Gasteiger partial charge in [-0.25, -0.2) is 0 Å². The number of rotatable bonds is 7. The summed E-state index contributed by atoms with van der Waals surface area (Å²) in [6.45, 7) is -0.0143. The van der Waals surface area contributed by atoms with Crippen molar-refractivity contribution in [2.45, 2.75) is 30.9 Å². The zero-order valence-electron chi connectivity index (χ0n) is 12.9. The first kappa shape index (κ1) is 17.9. The van der Waals surface area contributed by atoms with Crippen LogP contribution in [0.1, 0.15) is 5.56 Å². The van der Waals surface area contributed by atoms with E-state index in [9.17, 15) is 15.3 Å². The molecular weight excluding hydrogens is 302 g/mol. The number of benzene rings is 1. The fourth-order valence-electron chi connectivity index (χ4n) is 2.53. The lowest BCUT2D eigenvalue weighted by atomic mass is 9.98. The quantitative estimate of drug-likeness (QED) is 0.531. The summed E-state index contributed by atoms with van der Waals surface area (Å²) >= 11 is 0. The fraction of sp³-hybridized carbons (Fsp3) is 0.500. The smallest absolute Gasteiger partial charge is 0.121 e. The van der Waals surface area contributed by atoms with Crippen LogP contribution >= 0.6 is 0 Å². The van der Waals surface area contributed by atoms with E-state index in [-0.39, 0.29) is 6.61 Å². The number of nitrogens with zero attached hydrogens (tertiary/aromatic N) is 1. The predicted molar refractivity (Wildman–Crippen MR) is 81.9 cm³/mol. The Bertz CT molecular complexity index is 509. The molecule has 7 heteroatoms. The summed E-state index contributed by atoms with van der Waals surface area (Å²) in [6.07, 6.45) is -2.73. The van der Waals surface area contributed by atoms with Crippen LogP contribution in [0.5, 0.6) is 0 Å². The summed E-state index contributed by atoms with van der Waals surface area (Å²) in [5, 5.41) is 40.5. The SMILES string of the molecule is COC1=CCON(Cc2ccccc2)[C@H]1[C@@H](O)[C@H](O)[C@H](O)CO. The maximum Gasteiger partial charge on any atom is 0.121 e. The van der Waals surface area contributed by atoms with Crippen molar-refractivity contribution < 1.29 is 30.0 Å². The highest BCUT2D eigenvalue weighted by Gasteiger charge is 2.40. The third-order valence-corrected chi connectivity index (χ3v) is 3.80. The molecule has 128 valence electrons. The molecule has 0 unspecified atom stereocenters. The lowest BCUT2D eigenvalue weighted by Crippen LogP contribution is -2.54. The molecule has 23 heavy (non-hydrogen) atoms. The minimum Gasteiger partial charge on any atom is -0.499 e. The Balaban J connectivity index is 2.20. The van der Waals surface area contributed by atoms with Gasteiger partial charge >= 0.3 is 0 Å². The Labute approximate surface area is 135 Å². The molecule has 7 nitrogen and oxygen atoms in total. The summed E-state index contributed by atoms with van der Waals surface area (Å²) in [5.41, 5.74) is 0.958. The molecule has 0 saturated carbocycles. The van der Waals surface area contributed by atoms with Gasteiger partial charge in [-0.2, -0.15) is 5.06 Å². The monoisotopic (exact) mass is 325 g/mol. The largest absolute Gasteiger partial charge is 0.499 e. The van der Waals surface area contributed by atoms with Crippen molar-refractivity contribution in [3.05, 3.63) is 47.7 Å². The number of methoxy groups -OCH3 is 1. The van der Waals surface area contributed by atoms with E-state index in [4.69, 9.17) is 14.7 Å². The van der Waals surface area contributed by atoms with Crippen molar-refractivity contribution in [2.75, 3.05) is 20.3 Å². The van der Waals surface area contributed by atoms with Crippen molar-refractivity contribution in [3.8, 4) is 0 Å². The number of hydrogen-bond acceptors (Lipinski definition) is 7. The van der Waals surface area contributed by atoms with Crippen LogP contribution in [0.15, 0.2) is 42.2 Å². The van der Waals surface area contributed by atoms with Gasteiger partial charge in [0.2, 0.25) is 0 Å². The molecule has 0 radical (unpaired) electrons. The van der Waals surface area contributed by atoms with Gasteiger partial charge in [0.25, 0.3) is 0 Å². The molecule has 0 saturated heterocycles. The zero-order valence-corrected chi connectivity index (χ0v) is 12.9. The number of hydrogen-bond donors (Lipinski definition) is 4. The van der Waals surface area contributed by atoms with Crippen LogP contribution < -0.4 is 0 Å². The van der Waals surface area contributed by atoms with E-state index in [0.29, 0.717) is 12.3 Å². The van der Waals surface area contributed by atoms with E-state index in [1.54, 1.807) is 6.08 Å². The second-order valence-corrected chi connectivity index (χ2v) is 5.34. The fourth-order valence-corrected chi connectivity index (χ4v) is 2.53. The molecule has 2 rings (SSSR count). The maximum atomic E-state index is 10.4. The molecule has 0 aromatic heterocycles. The molecule has 1 aliphatic rings. The molecule has 0 aliphatic carbocycles. The number of aliphatic hydroxyl groups excluding tert-OH is 4. The van der Waals surface area contributed by atoms with Crippen molar-refractivity contribution in [2.24, 2.45) is 0 Å². The van der Waals surface area contributed by atoms with Crippen molar-refractivity contribution in [1.29, 1.82) is 0 Å². The van der Waals surface area contributed by atoms with Crippen LogP contribution in [0.3, 0.4) is 0 Å². The van der Waals surface area contributed by atoms with Gasteiger partial charge in [-0.1, -0.05) is 30.3 Å². The molecule has 1 aliphatic heterocycles. The average molecular weight is 325 g/mol. The minimum atomic E-state index is -1.54. The van der Waals surface area contributed by atoms with E-state index in [2.05, 4.69) is 0 Å². The second kappa shape index (κ2) is 8.39. The van der Waals surface area contributed by atoms with Crippen molar-refractivity contribution in [3.63, 3.8) is 0 Å². The molecule has 0 bridgehead atoms. The van der Waals surface area contributed by atoms with Gasteiger partial charge in [0, 0.05) is 0 Å². The highest BCUT2D eigenvalue weighted by molar-refractivity contribution is 5.16. The Hall–Kier alpha value is -1.48. The Kier molecular flexibility index (Phi) is 6.52. The summed E-state index contributed by atoms with van der Waals surface area (Å²) in [7, 11) is 1.46.